The number of aliphatic carboxylic acids is 2. The van der Waals surface area contributed by atoms with Gasteiger partial charge in [0.25, 0.3) is 0 Å². The Balaban J connectivity index is 4.79. The van der Waals surface area contributed by atoms with Crippen LogP contribution in [0, 0.1) is 5.92 Å². The molecule has 6 heteroatoms. The smallest absolute Gasteiger partial charge is 0.334 e. The van der Waals surface area contributed by atoms with Gasteiger partial charge < -0.3 is 14.9 Å². The van der Waals surface area contributed by atoms with Crippen molar-refractivity contribution in [2.24, 2.45) is 5.92 Å². The lowest BCUT2D eigenvalue weighted by Crippen LogP contribution is -2.30. The summed E-state index contributed by atoms with van der Waals surface area (Å²) in [5.74, 6) is -5.10. The van der Waals surface area contributed by atoms with E-state index in [0.29, 0.717) is 0 Å². The Kier molecular flexibility index (Phi) is 4.87. The Bertz CT molecular complexity index is 349. The minimum Gasteiger partial charge on any atom is -0.481 e. The van der Waals surface area contributed by atoms with Crippen LogP contribution >= 0.6 is 0 Å². The monoisotopic (exact) mass is 244 g/mol. The Morgan fingerprint density at radius 1 is 1.24 bits per heavy atom. The summed E-state index contributed by atoms with van der Waals surface area (Å²) >= 11 is 0. The van der Waals surface area contributed by atoms with Crippen LogP contribution in [0.25, 0.3) is 0 Å². The zero-order chi connectivity index (χ0) is 13.8. The first kappa shape index (κ1) is 15.2. The van der Waals surface area contributed by atoms with Crippen molar-refractivity contribution >= 4 is 17.9 Å². The molecule has 0 spiro atoms. The lowest BCUT2D eigenvalue weighted by molar-refractivity contribution is -0.154. The summed E-state index contributed by atoms with van der Waals surface area (Å²) in [4.78, 5) is 32.8. The van der Waals surface area contributed by atoms with Crippen molar-refractivity contribution in [2.45, 2.75) is 32.8 Å². The molecule has 0 aliphatic rings. The van der Waals surface area contributed by atoms with Gasteiger partial charge in [0.1, 0.15) is 5.60 Å². The number of carbonyl (C=O) groups excluding carboxylic acids is 1. The highest BCUT2D eigenvalue weighted by atomic mass is 16.6. The molecule has 0 aliphatic carbocycles. The van der Waals surface area contributed by atoms with E-state index >= 15 is 0 Å². The van der Waals surface area contributed by atoms with Gasteiger partial charge in [0.05, 0.1) is 12.3 Å². The molecular weight excluding hydrogens is 228 g/mol. The summed E-state index contributed by atoms with van der Waals surface area (Å²) in [7, 11) is 0. The number of ether oxygens (including phenoxy) is 1. The van der Waals surface area contributed by atoms with Crippen LogP contribution < -0.4 is 0 Å². The second kappa shape index (κ2) is 5.47. The predicted octanol–water partition coefficient (Wildman–Crippen LogP) is 1.06. The molecule has 1 atom stereocenters. The van der Waals surface area contributed by atoms with E-state index in [4.69, 9.17) is 14.9 Å². The van der Waals surface area contributed by atoms with E-state index in [2.05, 4.69) is 6.58 Å². The highest BCUT2D eigenvalue weighted by Gasteiger charge is 2.31. The summed E-state index contributed by atoms with van der Waals surface area (Å²) in [6, 6.07) is 0. The molecule has 0 heterocycles. The Morgan fingerprint density at radius 2 is 1.71 bits per heavy atom. The van der Waals surface area contributed by atoms with Crippen LogP contribution in [0.5, 0.6) is 0 Å². The van der Waals surface area contributed by atoms with Gasteiger partial charge in [0.15, 0.2) is 0 Å². The molecule has 0 radical (unpaired) electrons. The standard InChI is InChI=1S/C11H16O6/c1-6(10(16)17-11(2,3)4)7(9(14)15)5-8(12)13/h7H,1,5H2,2-4H3,(H,12,13)(H,14,15). The summed E-state index contributed by atoms with van der Waals surface area (Å²) in [6.45, 7) is 8.14. The van der Waals surface area contributed by atoms with Gasteiger partial charge in [-0.15, -0.1) is 0 Å². The minimum absolute atomic E-state index is 0.366. The van der Waals surface area contributed by atoms with Crippen LogP contribution in [0.4, 0.5) is 0 Å². The van der Waals surface area contributed by atoms with Crippen LogP contribution in [0.3, 0.4) is 0 Å². The van der Waals surface area contributed by atoms with Crippen molar-refractivity contribution in [3.8, 4) is 0 Å². The molecule has 17 heavy (non-hydrogen) atoms. The molecule has 1 unspecified atom stereocenters. The topological polar surface area (TPSA) is 101 Å². The van der Waals surface area contributed by atoms with Crippen LogP contribution in [0.2, 0.25) is 0 Å². The van der Waals surface area contributed by atoms with E-state index in [1.807, 2.05) is 0 Å². The van der Waals surface area contributed by atoms with Gasteiger partial charge in [-0.3, -0.25) is 9.59 Å². The summed E-state index contributed by atoms with van der Waals surface area (Å²) in [5, 5.41) is 17.3. The van der Waals surface area contributed by atoms with Gasteiger partial charge in [-0.1, -0.05) is 6.58 Å². The number of hydrogen-bond acceptors (Lipinski definition) is 4. The minimum atomic E-state index is -1.47. The van der Waals surface area contributed by atoms with E-state index in [1.165, 1.54) is 0 Å². The number of carboxylic acid groups (broad SMARTS) is 2. The Labute approximate surface area is 98.9 Å². The summed E-state index contributed by atoms with van der Waals surface area (Å²) < 4.78 is 4.92. The second-order valence-electron chi connectivity index (χ2n) is 4.52. The van der Waals surface area contributed by atoms with Gasteiger partial charge in [0.2, 0.25) is 0 Å². The first-order chi connectivity index (χ1) is 7.54. The molecule has 0 aliphatic heterocycles. The predicted molar refractivity (Wildman–Crippen MR) is 58.4 cm³/mol. The van der Waals surface area contributed by atoms with Crippen molar-refractivity contribution in [1.82, 2.24) is 0 Å². The van der Waals surface area contributed by atoms with Crippen LogP contribution in [-0.2, 0) is 19.1 Å². The second-order valence-corrected chi connectivity index (χ2v) is 4.52. The highest BCUT2D eigenvalue weighted by molar-refractivity contribution is 5.96. The van der Waals surface area contributed by atoms with Gasteiger partial charge in [-0.05, 0) is 20.8 Å². The van der Waals surface area contributed by atoms with Gasteiger partial charge >= 0.3 is 17.9 Å². The normalized spacial score (nSPS) is 12.6. The quantitative estimate of drug-likeness (QED) is 0.554. The largest absolute Gasteiger partial charge is 0.481 e. The molecule has 96 valence electrons. The maximum atomic E-state index is 11.5. The molecule has 2 N–H and O–H groups in total. The maximum Gasteiger partial charge on any atom is 0.334 e. The number of esters is 1. The Hall–Kier alpha value is -1.85. The lowest BCUT2D eigenvalue weighted by Gasteiger charge is -2.21. The summed E-state index contributed by atoms with van der Waals surface area (Å²) in [5.41, 5.74) is -1.15. The van der Waals surface area contributed by atoms with E-state index in [-0.39, 0.29) is 5.57 Å². The van der Waals surface area contributed by atoms with Crippen LogP contribution in [0.15, 0.2) is 12.2 Å². The molecule has 0 rings (SSSR count). The van der Waals surface area contributed by atoms with Gasteiger partial charge in [-0.2, -0.15) is 0 Å². The number of rotatable bonds is 5. The molecule has 0 saturated carbocycles. The Morgan fingerprint density at radius 3 is 2.00 bits per heavy atom. The third kappa shape index (κ3) is 5.70. The van der Waals surface area contributed by atoms with Gasteiger partial charge in [-0.25, -0.2) is 4.79 Å². The molecule has 0 aromatic heterocycles. The van der Waals surface area contributed by atoms with E-state index < -0.39 is 35.8 Å². The molecule has 0 bridgehead atoms. The van der Waals surface area contributed by atoms with Crippen molar-refractivity contribution in [3.05, 3.63) is 12.2 Å². The van der Waals surface area contributed by atoms with Crippen molar-refractivity contribution < 1.29 is 29.3 Å². The molecule has 0 saturated heterocycles. The number of carbonyl (C=O) groups is 3. The molecule has 0 fully saturated rings. The highest BCUT2D eigenvalue weighted by Crippen LogP contribution is 2.19. The van der Waals surface area contributed by atoms with Crippen molar-refractivity contribution in [3.63, 3.8) is 0 Å². The van der Waals surface area contributed by atoms with E-state index in [0.717, 1.165) is 0 Å². The average Bonchev–Trinajstić information content (AvgIpc) is 2.09. The SMILES string of the molecule is C=C(C(=O)OC(C)(C)C)C(CC(=O)O)C(=O)O. The average molecular weight is 244 g/mol. The molecule has 0 amide bonds. The van der Waals surface area contributed by atoms with Gasteiger partial charge in [0, 0.05) is 5.57 Å². The molecular formula is C11H16O6. The first-order valence-corrected chi connectivity index (χ1v) is 4.91. The fourth-order valence-corrected chi connectivity index (χ4v) is 1.02. The molecule has 0 aromatic carbocycles. The van der Waals surface area contributed by atoms with Crippen molar-refractivity contribution in [2.75, 3.05) is 0 Å². The fraction of sp³-hybridized carbons (Fsp3) is 0.545. The third-order valence-electron chi connectivity index (χ3n) is 1.76. The lowest BCUT2D eigenvalue weighted by atomic mass is 9.97. The molecule has 0 aromatic rings. The number of hydrogen-bond donors (Lipinski definition) is 2. The maximum absolute atomic E-state index is 11.5. The van der Waals surface area contributed by atoms with E-state index in [9.17, 15) is 14.4 Å². The first-order valence-electron chi connectivity index (χ1n) is 4.91. The zero-order valence-corrected chi connectivity index (χ0v) is 10.0. The van der Waals surface area contributed by atoms with Crippen LogP contribution in [0.1, 0.15) is 27.2 Å². The zero-order valence-electron chi connectivity index (χ0n) is 10.0. The summed E-state index contributed by atoms with van der Waals surface area (Å²) in [6.07, 6.45) is -0.701. The molecule has 6 nitrogen and oxygen atoms in total. The van der Waals surface area contributed by atoms with Crippen LogP contribution in [-0.4, -0.2) is 33.7 Å². The van der Waals surface area contributed by atoms with Crippen molar-refractivity contribution in [1.29, 1.82) is 0 Å². The third-order valence-corrected chi connectivity index (χ3v) is 1.76. The van der Waals surface area contributed by atoms with E-state index in [1.54, 1.807) is 20.8 Å². The number of carboxylic acids is 2. The fourth-order valence-electron chi connectivity index (χ4n) is 1.02.